The van der Waals surface area contributed by atoms with Gasteiger partial charge in [0.2, 0.25) is 5.82 Å². The first-order valence-corrected chi connectivity index (χ1v) is 4.75. The number of aliphatic hydroxyl groups is 1. The molecule has 1 aromatic rings. The molecule has 2 N–H and O–H groups in total. The van der Waals surface area contributed by atoms with Crippen molar-refractivity contribution in [1.82, 2.24) is 0 Å². The third-order valence-corrected chi connectivity index (χ3v) is 2.57. The van der Waals surface area contributed by atoms with E-state index in [0.717, 1.165) is 0 Å². The lowest BCUT2D eigenvalue weighted by Gasteiger charge is -2.11. The van der Waals surface area contributed by atoms with E-state index in [0.29, 0.717) is 0 Å². The zero-order chi connectivity index (χ0) is 10.9. The molecule has 0 saturated heterocycles. The Morgan fingerprint density at radius 3 is 2.50 bits per heavy atom. The molecule has 78 valence electrons. The Labute approximate surface area is 88.3 Å². The fraction of sp³-hybridized carbons (Fsp3) is 0.333. The first-order chi connectivity index (χ1) is 6.49. The van der Waals surface area contributed by atoms with E-state index >= 15 is 0 Å². The van der Waals surface area contributed by atoms with Gasteiger partial charge >= 0.3 is 0 Å². The predicted octanol–water partition coefficient (Wildman–Crippen LogP) is 2.53. The number of aliphatic hydroxyl groups excluding tert-OH is 1. The predicted molar refractivity (Wildman–Crippen MR) is 51.2 cm³/mol. The highest BCUT2D eigenvalue weighted by molar-refractivity contribution is 9.10. The lowest BCUT2D eigenvalue weighted by atomic mass is 10.0. The second-order valence-corrected chi connectivity index (χ2v) is 3.86. The van der Waals surface area contributed by atoms with E-state index in [1.54, 1.807) is 6.92 Å². The maximum Gasteiger partial charge on any atom is 0.201 e. The Kier molecular flexibility index (Phi) is 3.44. The largest absolute Gasteiger partial charge is 0.504 e. The van der Waals surface area contributed by atoms with Gasteiger partial charge in [0.05, 0.1) is 4.47 Å². The van der Waals surface area contributed by atoms with Crippen LogP contribution in [-0.4, -0.2) is 16.8 Å². The summed E-state index contributed by atoms with van der Waals surface area (Å²) in [4.78, 5) is 0. The van der Waals surface area contributed by atoms with Crippen molar-refractivity contribution in [3.05, 3.63) is 27.7 Å². The van der Waals surface area contributed by atoms with Crippen molar-refractivity contribution in [1.29, 1.82) is 0 Å². The average molecular weight is 267 g/mol. The topological polar surface area (TPSA) is 40.5 Å². The summed E-state index contributed by atoms with van der Waals surface area (Å²) < 4.78 is 26.3. The zero-order valence-corrected chi connectivity index (χ0v) is 8.98. The van der Waals surface area contributed by atoms with Crippen LogP contribution in [0, 0.1) is 11.6 Å². The van der Waals surface area contributed by atoms with Gasteiger partial charge in [0.25, 0.3) is 0 Å². The highest BCUT2D eigenvalue weighted by Crippen LogP contribution is 2.33. The third-order valence-electron chi connectivity index (χ3n) is 1.97. The van der Waals surface area contributed by atoms with Gasteiger partial charge in [-0.3, -0.25) is 0 Å². The van der Waals surface area contributed by atoms with Crippen molar-refractivity contribution in [3.63, 3.8) is 0 Å². The Bertz CT molecular complexity index is 355. The number of phenolic OH excluding ortho intramolecular Hbond substituents is 1. The molecule has 0 fully saturated rings. The van der Waals surface area contributed by atoms with Crippen LogP contribution in [0.15, 0.2) is 10.5 Å². The number of halogens is 3. The molecule has 0 radical (unpaired) electrons. The van der Waals surface area contributed by atoms with Crippen molar-refractivity contribution in [2.45, 2.75) is 12.8 Å². The molecule has 0 aliphatic rings. The van der Waals surface area contributed by atoms with Crippen LogP contribution < -0.4 is 0 Å². The van der Waals surface area contributed by atoms with Gasteiger partial charge in [-0.05, 0) is 27.6 Å². The first kappa shape index (κ1) is 11.4. The summed E-state index contributed by atoms with van der Waals surface area (Å²) in [6.07, 6.45) is 0. The van der Waals surface area contributed by atoms with Gasteiger partial charge in [-0.1, -0.05) is 6.92 Å². The second kappa shape index (κ2) is 4.23. The quantitative estimate of drug-likeness (QED) is 0.808. The second-order valence-electron chi connectivity index (χ2n) is 3.01. The molecule has 0 amide bonds. The summed E-state index contributed by atoms with van der Waals surface area (Å²) in [7, 11) is 0. The van der Waals surface area contributed by atoms with Gasteiger partial charge < -0.3 is 10.2 Å². The van der Waals surface area contributed by atoms with E-state index in [-0.39, 0.29) is 16.6 Å². The highest BCUT2D eigenvalue weighted by atomic mass is 79.9. The van der Waals surface area contributed by atoms with Crippen LogP contribution >= 0.6 is 15.9 Å². The van der Waals surface area contributed by atoms with Crippen LogP contribution in [0.5, 0.6) is 5.75 Å². The van der Waals surface area contributed by atoms with Crippen LogP contribution in [-0.2, 0) is 0 Å². The molecule has 1 aromatic carbocycles. The molecule has 0 aliphatic carbocycles. The standard InChI is InChI=1S/C9H9BrF2O2/c1-4(3-13)5-2-6(10)9(14)8(12)7(5)11/h2,4,13-14H,3H2,1H3. The van der Waals surface area contributed by atoms with Gasteiger partial charge in [-0.25, -0.2) is 4.39 Å². The van der Waals surface area contributed by atoms with Crippen LogP contribution in [0.3, 0.4) is 0 Å². The van der Waals surface area contributed by atoms with Gasteiger partial charge in [0.15, 0.2) is 11.6 Å². The minimum atomic E-state index is -1.30. The lowest BCUT2D eigenvalue weighted by Crippen LogP contribution is -2.04. The fourth-order valence-corrected chi connectivity index (χ4v) is 1.48. The Hall–Kier alpha value is -0.680. The van der Waals surface area contributed by atoms with Crippen molar-refractivity contribution >= 4 is 15.9 Å². The maximum absolute atomic E-state index is 13.2. The average Bonchev–Trinajstić information content (AvgIpc) is 2.19. The molecule has 0 saturated carbocycles. The van der Waals surface area contributed by atoms with E-state index < -0.39 is 23.3 Å². The molecule has 2 nitrogen and oxygen atoms in total. The smallest absolute Gasteiger partial charge is 0.201 e. The van der Waals surface area contributed by atoms with Crippen LogP contribution in [0.1, 0.15) is 18.4 Å². The van der Waals surface area contributed by atoms with E-state index in [1.807, 2.05) is 0 Å². The van der Waals surface area contributed by atoms with E-state index in [2.05, 4.69) is 15.9 Å². The van der Waals surface area contributed by atoms with Gasteiger partial charge in [-0.15, -0.1) is 0 Å². The number of phenols is 1. The number of benzene rings is 1. The lowest BCUT2D eigenvalue weighted by molar-refractivity contribution is 0.269. The number of hydrogen-bond donors (Lipinski definition) is 2. The Morgan fingerprint density at radius 2 is 2.00 bits per heavy atom. The summed E-state index contributed by atoms with van der Waals surface area (Å²) in [5.74, 6) is -3.68. The fourth-order valence-electron chi connectivity index (χ4n) is 1.06. The minimum Gasteiger partial charge on any atom is -0.504 e. The molecule has 0 bridgehead atoms. The molecule has 5 heteroatoms. The van der Waals surface area contributed by atoms with E-state index in [9.17, 15) is 8.78 Å². The van der Waals surface area contributed by atoms with Crippen LogP contribution in [0.25, 0.3) is 0 Å². The Balaban J connectivity index is 3.33. The number of aromatic hydroxyl groups is 1. The third kappa shape index (κ3) is 1.88. The van der Waals surface area contributed by atoms with Crippen molar-refractivity contribution in [2.75, 3.05) is 6.61 Å². The molecular formula is C9H9BrF2O2. The zero-order valence-electron chi connectivity index (χ0n) is 7.39. The number of rotatable bonds is 2. The van der Waals surface area contributed by atoms with Gasteiger partial charge in [0, 0.05) is 12.5 Å². The van der Waals surface area contributed by atoms with Crippen molar-refractivity contribution < 1.29 is 19.0 Å². The summed E-state index contributed by atoms with van der Waals surface area (Å²) in [5, 5.41) is 17.8. The minimum absolute atomic E-state index is 0.0367. The molecule has 1 rings (SSSR count). The van der Waals surface area contributed by atoms with E-state index in [4.69, 9.17) is 10.2 Å². The molecule has 0 heterocycles. The summed E-state index contributed by atoms with van der Waals surface area (Å²) in [6, 6.07) is 1.26. The molecule has 1 unspecified atom stereocenters. The first-order valence-electron chi connectivity index (χ1n) is 3.96. The maximum atomic E-state index is 13.2. The van der Waals surface area contributed by atoms with Crippen molar-refractivity contribution in [2.24, 2.45) is 0 Å². The normalized spacial score (nSPS) is 12.9. The molecular weight excluding hydrogens is 258 g/mol. The van der Waals surface area contributed by atoms with Crippen molar-refractivity contribution in [3.8, 4) is 5.75 Å². The SMILES string of the molecule is CC(CO)c1cc(Br)c(O)c(F)c1F. The summed E-state index contributed by atoms with van der Waals surface area (Å²) in [6.45, 7) is 1.27. The van der Waals surface area contributed by atoms with Gasteiger partial charge in [0.1, 0.15) is 0 Å². The summed E-state index contributed by atoms with van der Waals surface area (Å²) >= 11 is 2.89. The molecule has 1 atom stereocenters. The van der Waals surface area contributed by atoms with Gasteiger partial charge in [-0.2, -0.15) is 4.39 Å². The summed E-state index contributed by atoms with van der Waals surface area (Å²) in [5.41, 5.74) is 0.0367. The molecule has 14 heavy (non-hydrogen) atoms. The molecule has 0 spiro atoms. The van der Waals surface area contributed by atoms with Crippen LogP contribution in [0.2, 0.25) is 0 Å². The Morgan fingerprint density at radius 1 is 1.43 bits per heavy atom. The van der Waals surface area contributed by atoms with Crippen LogP contribution in [0.4, 0.5) is 8.78 Å². The number of hydrogen-bond acceptors (Lipinski definition) is 2. The monoisotopic (exact) mass is 266 g/mol. The molecule has 0 aromatic heterocycles. The van der Waals surface area contributed by atoms with E-state index in [1.165, 1.54) is 6.07 Å². The highest BCUT2D eigenvalue weighted by Gasteiger charge is 2.19. The molecule has 0 aliphatic heterocycles.